The summed E-state index contributed by atoms with van der Waals surface area (Å²) in [6.45, 7) is 2.18. The van der Waals surface area contributed by atoms with Gasteiger partial charge in [0.1, 0.15) is 6.10 Å². The second-order valence-electron chi connectivity index (χ2n) is 5.50. The Morgan fingerprint density at radius 3 is 2.67 bits per heavy atom. The molecule has 0 saturated carbocycles. The second kappa shape index (κ2) is 8.08. The van der Waals surface area contributed by atoms with Crippen LogP contribution < -0.4 is 14.8 Å². The van der Waals surface area contributed by atoms with Crippen molar-refractivity contribution in [2.24, 2.45) is 0 Å². The summed E-state index contributed by atoms with van der Waals surface area (Å²) < 4.78 is 17.6. The molecule has 0 aliphatic carbocycles. The van der Waals surface area contributed by atoms with Gasteiger partial charge in [0.2, 0.25) is 0 Å². The Morgan fingerprint density at radius 2 is 1.96 bits per heavy atom. The molecule has 1 aliphatic rings. The van der Waals surface area contributed by atoms with Crippen molar-refractivity contribution < 1.29 is 14.2 Å². The van der Waals surface area contributed by atoms with Gasteiger partial charge in [-0.05, 0) is 29.8 Å². The smallest absolute Gasteiger partial charge is 0.162 e. The van der Waals surface area contributed by atoms with Crippen LogP contribution in [0, 0.1) is 0 Å². The molecule has 4 nitrogen and oxygen atoms in total. The van der Waals surface area contributed by atoms with Gasteiger partial charge in [-0.15, -0.1) is 0 Å². The molecule has 6 heteroatoms. The van der Waals surface area contributed by atoms with E-state index in [0.29, 0.717) is 34.7 Å². The van der Waals surface area contributed by atoms with E-state index < -0.39 is 0 Å². The van der Waals surface area contributed by atoms with Gasteiger partial charge in [0, 0.05) is 29.2 Å². The molecule has 2 aromatic carbocycles. The fourth-order valence-electron chi connectivity index (χ4n) is 2.70. The second-order valence-corrected chi connectivity index (χ2v) is 6.37. The monoisotopic (exact) mass is 367 g/mol. The lowest BCUT2D eigenvalue weighted by atomic mass is 10.0. The van der Waals surface area contributed by atoms with Crippen molar-refractivity contribution in [2.75, 3.05) is 26.8 Å². The predicted molar refractivity (Wildman–Crippen MR) is 95.4 cm³/mol. The first-order valence-corrected chi connectivity index (χ1v) is 8.51. The summed E-state index contributed by atoms with van der Waals surface area (Å²) in [5, 5.41) is 4.58. The summed E-state index contributed by atoms with van der Waals surface area (Å²) in [6, 6.07) is 12.9. The lowest BCUT2D eigenvalue weighted by Crippen LogP contribution is -2.43. The highest BCUT2D eigenvalue weighted by Crippen LogP contribution is 2.35. The van der Waals surface area contributed by atoms with Crippen molar-refractivity contribution in [3.05, 3.63) is 58.1 Å². The van der Waals surface area contributed by atoms with Gasteiger partial charge in [0.15, 0.2) is 17.6 Å². The van der Waals surface area contributed by atoms with Gasteiger partial charge in [0.05, 0.1) is 13.7 Å². The van der Waals surface area contributed by atoms with Crippen LogP contribution in [-0.4, -0.2) is 32.9 Å². The van der Waals surface area contributed by atoms with Gasteiger partial charge in [-0.3, -0.25) is 0 Å². The number of halogens is 2. The van der Waals surface area contributed by atoms with Crippen LogP contribution in [0.5, 0.6) is 11.5 Å². The highest BCUT2D eigenvalue weighted by atomic mass is 35.5. The number of nitrogens with one attached hydrogen (secondary N) is 1. The minimum atomic E-state index is -0.313. The highest BCUT2D eigenvalue weighted by molar-refractivity contribution is 6.31. The zero-order valence-corrected chi connectivity index (χ0v) is 14.8. The van der Waals surface area contributed by atoms with E-state index >= 15 is 0 Å². The third-order valence-corrected chi connectivity index (χ3v) is 4.32. The topological polar surface area (TPSA) is 39.7 Å². The molecule has 1 fully saturated rings. The average Bonchev–Trinajstić information content (AvgIpc) is 2.61. The summed E-state index contributed by atoms with van der Waals surface area (Å²) >= 11 is 12.2. The first kappa shape index (κ1) is 17.4. The number of hydrogen-bond donors (Lipinski definition) is 1. The molecule has 0 spiro atoms. The summed E-state index contributed by atoms with van der Waals surface area (Å²) in [6.07, 6.45) is -0.441. The largest absolute Gasteiger partial charge is 0.493 e. The normalized spacial score (nSPS) is 18.9. The van der Waals surface area contributed by atoms with E-state index in [-0.39, 0.29) is 12.2 Å². The molecular weight excluding hydrogens is 349 g/mol. The van der Waals surface area contributed by atoms with Crippen molar-refractivity contribution in [3.8, 4) is 11.5 Å². The Kier molecular flexibility index (Phi) is 5.85. The summed E-state index contributed by atoms with van der Waals surface area (Å²) in [5.74, 6) is 1.19. The molecule has 0 aromatic heterocycles. The zero-order valence-electron chi connectivity index (χ0n) is 13.3. The third-order valence-electron chi connectivity index (χ3n) is 3.85. The first-order valence-electron chi connectivity index (χ1n) is 7.75. The van der Waals surface area contributed by atoms with Gasteiger partial charge in [-0.1, -0.05) is 35.3 Å². The number of morpholine rings is 1. The van der Waals surface area contributed by atoms with Crippen LogP contribution in [0.1, 0.15) is 11.7 Å². The van der Waals surface area contributed by atoms with Gasteiger partial charge in [0.25, 0.3) is 0 Å². The van der Waals surface area contributed by atoms with Gasteiger partial charge < -0.3 is 19.5 Å². The van der Waals surface area contributed by atoms with E-state index in [2.05, 4.69) is 5.32 Å². The maximum absolute atomic E-state index is 6.26. The minimum Gasteiger partial charge on any atom is -0.493 e. The molecule has 0 bridgehead atoms. The van der Waals surface area contributed by atoms with Crippen LogP contribution in [0.4, 0.5) is 0 Å². The number of hydrogen-bond acceptors (Lipinski definition) is 4. The van der Waals surface area contributed by atoms with Crippen molar-refractivity contribution in [3.63, 3.8) is 0 Å². The van der Waals surface area contributed by atoms with E-state index in [1.54, 1.807) is 25.3 Å². The molecule has 0 unspecified atom stereocenters. The molecule has 24 heavy (non-hydrogen) atoms. The average molecular weight is 368 g/mol. The van der Waals surface area contributed by atoms with Gasteiger partial charge in [-0.25, -0.2) is 0 Å². The van der Waals surface area contributed by atoms with Gasteiger partial charge >= 0.3 is 0 Å². The van der Waals surface area contributed by atoms with Crippen molar-refractivity contribution in [2.45, 2.75) is 12.2 Å². The van der Waals surface area contributed by atoms with Crippen LogP contribution in [0.15, 0.2) is 42.5 Å². The maximum atomic E-state index is 6.26. The predicted octanol–water partition coefficient (Wildman–Crippen LogP) is 4.11. The Balaban J connectivity index is 1.92. The quantitative estimate of drug-likeness (QED) is 0.862. The van der Waals surface area contributed by atoms with Crippen LogP contribution in [0.3, 0.4) is 0 Å². The van der Waals surface area contributed by atoms with E-state index in [1.807, 2.05) is 24.3 Å². The number of rotatable bonds is 5. The highest BCUT2D eigenvalue weighted by Gasteiger charge is 2.29. The van der Waals surface area contributed by atoms with Crippen molar-refractivity contribution in [1.82, 2.24) is 5.32 Å². The lowest BCUT2D eigenvalue weighted by molar-refractivity contribution is -0.0438. The molecule has 2 atom stereocenters. The third kappa shape index (κ3) is 4.14. The van der Waals surface area contributed by atoms with Crippen LogP contribution in [0.2, 0.25) is 10.0 Å². The molecule has 1 N–H and O–H groups in total. The Labute approximate surface area is 151 Å². The van der Waals surface area contributed by atoms with Crippen molar-refractivity contribution >= 4 is 23.2 Å². The van der Waals surface area contributed by atoms with Gasteiger partial charge in [-0.2, -0.15) is 0 Å². The van der Waals surface area contributed by atoms with Crippen molar-refractivity contribution in [1.29, 1.82) is 0 Å². The molecule has 0 amide bonds. The minimum absolute atomic E-state index is 0.127. The Bertz CT molecular complexity index is 690. The fraction of sp³-hybridized carbons (Fsp3) is 0.333. The Morgan fingerprint density at radius 1 is 1.12 bits per heavy atom. The zero-order chi connectivity index (χ0) is 16.9. The fourth-order valence-corrected chi connectivity index (χ4v) is 3.06. The van der Waals surface area contributed by atoms with Crippen LogP contribution in [0.25, 0.3) is 0 Å². The molecule has 1 heterocycles. The standard InChI is InChI=1S/C18H19Cl2NO3/c1-22-16-10-14(20)5-6-15(16)24-18(17-11-21-7-8-23-17)12-3-2-4-13(19)9-12/h2-6,9-10,17-18,21H,7-8,11H2,1H3/t17-,18-/m0/s1. The van der Waals surface area contributed by atoms with Crippen LogP contribution in [-0.2, 0) is 4.74 Å². The molecule has 3 rings (SSSR count). The van der Waals surface area contributed by atoms with E-state index in [1.165, 1.54) is 0 Å². The molecule has 128 valence electrons. The number of methoxy groups -OCH3 is 1. The lowest BCUT2D eigenvalue weighted by Gasteiger charge is -2.32. The summed E-state index contributed by atoms with van der Waals surface area (Å²) in [4.78, 5) is 0. The molecule has 0 radical (unpaired) electrons. The first-order chi connectivity index (χ1) is 11.7. The molecule has 1 aliphatic heterocycles. The molecule has 1 saturated heterocycles. The summed E-state index contributed by atoms with van der Waals surface area (Å²) in [7, 11) is 1.59. The number of benzene rings is 2. The maximum Gasteiger partial charge on any atom is 0.162 e. The Hall–Kier alpha value is -1.46. The molecular formula is C18H19Cl2NO3. The summed E-state index contributed by atoms with van der Waals surface area (Å²) in [5.41, 5.74) is 0.952. The van der Waals surface area contributed by atoms with Crippen LogP contribution >= 0.6 is 23.2 Å². The van der Waals surface area contributed by atoms with E-state index in [9.17, 15) is 0 Å². The number of ether oxygens (including phenoxy) is 3. The molecule has 2 aromatic rings. The SMILES string of the molecule is COc1cc(Cl)ccc1O[C@@H](c1cccc(Cl)c1)[C@@H]1CNCCO1. The van der Waals surface area contributed by atoms with E-state index in [4.69, 9.17) is 37.4 Å². The van der Waals surface area contributed by atoms with E-state index in [0.717, 1.165) is 12.1 Å².